The largest absolute Gasteiger partial charge is 0.468 e. The van der Waals surface area contributed by atoms with E-state index in [0.717, 1.165) is 11.3 Å². The average molecular weight is 498 g/mol. The number of aromatic nitrogens is 2. The number of hydrogen-bond donors (Lipinski definition) is 1. The van der Waals surface area contributed by atoms with Crippen LogP contribution in [0.25, 0.3) is 6.08 Å². The summed E-state index contributed by atoms with van der Waals surface area (Å²) < 4.78 is 26.1. The van der Waals surface area contributed by atoms with E-state index >= 15 is 0 Å². The van der Waals surface area contributed by atoms with E-state index in [9.17, 15) is 14.0 Å². The number of carbonyl (C=O) groups excluding carboxylic acids is 2. The summed E-state index contributed by atoms with van der Waals surface area (Å²) in [6.07, 6.45) is 4.68. The van der Waals surface area contributed by atoms with Gasteiger partial charge in [0.2, 0.25) is 0 Å². The zero-order valence-electron chi connectivity index (χ0n) is 18.6. The lowest BCUT2D eigenvalue weighted by atomic mass is 9.97. The summed E-state index contributed by atoms with van der Waals surface area (Å²) in [7, 11) is 1.31. The first-order chi connectivity index (χ1) is 15.4. The molecule has 0 amide bonds. The van der Waals surface area contributed by atoms with Gasteiger partial charge in [0, 0.05) is 30.1 Å². The topological polar surface area (TPSA) is 73.7 Å². The molecule has 0 spiro atoms. The Morgan fingerprint density at radius 2 is 2.09 bits per heavy atom. The van der Waals surface area contributed by atoms with Crippen LogP contribution in [-0.4, -0.2) is 58.7 Å². The van der Waals surface area contributed by atoms with Gasteiger partial charge in [-0.05, 0) is 37.1 Å². The van der Waals surface area contributed by atoms with Crippen molar-refractivity contribution < 1.29 is 23.5 Å². The van der Waals surface area contributed by atoms with Crippen LogP contribution in [-0.2, 0) is 25.6 Å². The number of esters is 2. The van der Waals surface area contributed by atoms with E-state index in [1.54, 1.807) is 36.0 Å². The van der Waals surface area contributed by atoms with Crippen LogP contribution in [0.1, 0.15) is 37.1 Å². The highest BCUT2D eigenvalue weighted by Gasteiger charge is 2.34. The number of benzene rings is 1. The molecule has 7 nitrogen and oxygen atoms in total. The minimum Gasteiger partial charge on any atom is -0.468 e. The summed E-state index contributed by atoms with van der Waals surface area (Å²) in [4.78, 5) is 26.0. The molecule has 2 heterocycles. The van der Waals surface area contributed by atoms with Gasteiger partial charge < -0.3 is 9.47 Å². The summed E-state index contributed by atoms with van der Waals surface area (Å²) >= 11 is 4.70. The molecule has 0 aliphatic carbocycles. The Labute approximate surface area is 204 Å². The number of nitrogens with zero attached hydrogens (tertiary/aromatic N) is 3. The third-order valence-electron chi connectivity index (χ3n) is 5.34. The normalized spacial score (nSPS) is 18.4. The number of methoxy groups -OCH3 is 1. The van der Waals surface area contributed by atoms with E-state index in [2.05, 4.69) is 5.10 Å². The molecule has 1 fully saturated rings. The van der Waals surface area contributed by atoms with Crippen LogP contribution in [0.2, 0.25) is 0 Å². The number of rotatable bonds is 8. The highest BCUT2D eigenvalue weighted by atomic mass is 35.5. The van der Waals surface area contributed by atoms with Crippen LogP contribution in [0.3, 0.4) is 0 Å². The van der Waals surface area contributed by atoms with Crippen molar-refractivity contribution in [1.29, 1.82) is 0 Å². The van der Waals surface area contributed by atoms with Crippen molar-refractivity contribution in [1.82, 2.24) is 14.7 Å². The van der Waals surface area contributed by atoms with Gasteiger partial charge in [-0.25, -0.2) is 9.18 Å². The van der Waals surface area contributed by atoms with Crippen molar-refractivity contribution >= 4 is 43.1 Å². The van der Waals surface area contributed by atoms with Crippen LogP contribution in [0.5, 0.6) is 0 Å². The number of halogens is 2. The van der Waals surface area contributed by atoms with Crippen molar-refractivity contribution in [2.45, 2.75) is 37.6 Å². The molecule has 1 aromatic heterocycles. The van der Waals surface area contributed by atoms with Gasteiger partial charge in [0.15, 0.2) is 0 Å². The summed E-state index contributed by atoms with van der Waals surface area (Å²) in [6, 6.07) is 7.27. The van der Waals surface area contributed by atoms with Gasteiger partial charge in [-0.2, -0.15) is 17.7 Å². The molecule has 1 aliphatic rings. The van der Waals surface area contributed by atoms with Crippen molar-refractivity contribution in [3.05, 3.63) is 59.2 Å². The molecular weight excluding hydrogens is 469 g/mol. The SMILES string of the molecule is CCOC(=O)CCn1ccc(/C=C2/CN([C@@H](C(=O)OC)c3ccccc3F)CC[C@H]2S)n1.Cl. The number of carbonyl (C=O) groups is 2. The van der Waals surface area contributed by atoms with Gasteiger partial charge in [-0.3, -0.25) is 14.4 Å². The average Bonchev–Trinajstić information content (AvgIpc) is 3.23. The molecule has 1 saturated heterocycles. The fraction of sp³-hybridized carbons (Fsp3) is 0.435. The molecule has 10 heteroatoms. The Morgan fingerprint density at radius 1 is 1.33 bits per heavy atom. The lowest BCUT2D eigenvalue weighted by Crippen LogP contribution is -2.42. The number of aryl methyl sites for hydroxylation is 1. The third kappa shape index (κ3) is 7.06. The summed E-state index contributed by atoms with van der Waals surface area (Å²) in [5.74, 6) is -1.21. The van der Waals surface area contributed by atoms with Crippen LogP contribution < -0.4 is 0 Å². The second-order valence-electron chi connectivity index (χ2n) is 7.50. The first kappa shape index (κ1) is 26.9. The second kappa shape index (κ2) is 12.8. The van der Waals surface area contributed by atoms with Gasteiger partial charge >= 0.3 is 11.9 Å². The predicted octanol–water partition coefficient (Wildman–Crippen LogP) is 3.70. The Bertz CT molecular complexity index is 984. The molecule has 3 rings (SSSR count). The molecule has 0 bridgehead atoms. The minimum atomic E-state index is -0.840. The number of hydrogen-bond acceptors (Lipinski definition) is 7. The molecule has 0 radical (unpaired) electrons. The molecular formula is C23H29ClFN3O4S. The van der Waals surface area contributed by atoms with Crippen molar-refractivity contribution in [3.63, 3.8) is 0 Å². The first-order valence-electron chi connectivity index (χ1n) is 10.6. The smallest absolute Gasteiger partial charge is 0.327 e. The lowest BCUT2D eigenvalue weighted by Gasteiger charge is -2.36. The summed E-state index contributed by atoms with van der Waals surface area (Å²) in [5.41, 5.74) is 1.99. The van der Waals surface area contributed by atoms with Crippen molar-refractivity contribution in [2.75, 3.05) is 26.8 Å². The standard InChI is InChI=1S/C23H28FN3O4S.ClH/c1-3-31-21(28)10-13-27-12-8-17(25-27)14-16-15-26(11-9-20(16)32)22(23(29)30-2)18-6-4-5-7-19(18)24;/h4-8,12,14,20,22,32H,3,9-11,13,15H2,1-2H3;1H/b16-14-;/t20-,22-;/m1./s1. The van der Waals surface area contributed by atoms with Gasteiger partial charge in [-0.15, -0.1) is 12.4 Å². The first-order valence-corrected chi connectivity index (χ1v) is 11.1. The van der Waals surface area contributed by atoms with Gasteiger partial charge in [0.1, 0.15) is 11.9 Å². The maximum absolute atomic E-state index is 14.5. The Kier molecular flexibility index (Phi) is 10.4. The Morgan fingerprint density at radius 3 is 2.79 bits per heavy atom. The van der Waals surface area contributed by atoms with E-state index in [1.807, 2.05) is 17.0 Å². The van der Waals surface area contributed by atoms with Crippen LogP contribution in [0.4, 0.5) is 4.39 Å². The van der Waals surface area contributed by atoms with Crippen LogP contribution >= 0.6 is 25.0 Å². The molecule has 1 aliphatic heterocycles. The third-order valence-corrected chi connectivity index (χ3v) is 5.93. The van der Waals surface area contributed by atoms with E-state index < -0.39 is 17.8 Å². The fourth-order valence-corrected chi connectivity index (χ4v) is 4.02. The number of thiol groups is 1. The van der Waals surface area contributed by atoms with Gasteiger partial charge in [0.25, 0.3) is 0 Å². The highest BCUT2D eigenvalue weighted by Crippen LogP contribution is 2.31. The van der Waals surface area contributed by atoms with Crippen molar-refractivity contribution in [2.24, 2.45) is 0 Å². The van der Waals surface area contributed by atoms with Crippen molar-refractivity contribution in [3.8, 4) is 0 Å². The zero-order chi connectivity index (χ0) is 23.1. The van der Waals surface area contributed by atoms with E-state index in [4.69, 9.17) is 22.1 Å². The monoisotopic (exact) mass is 497 g/mol. The Balaban J connectivity index is 0.00000385. The summed E-state index contributed by atoms with van der Waals surface area (Å²) in [5, 5.41) is 4.49. The highest BCUT2D eigenvalue weighted by molar-refractivity contribution is 7.81. The van der Waals surface area contributed by atoms with E-state index in [0.29, 0.717) is 38.2 Å². The molecule has 180 valence electrons. The van der Waals surface area contributed by atoms with E-state index in [1.165, 1.54) is 13.2 Å². The maximum atomic E-state index is 14.5. The zero-order valence-corrected chi connectivity index (χ0v) is 20.4. The predicted molar refractivity (Wildman–Crippen MR) is 129 cm³/mol. The number of ether oxygens (including phenoxy) is 2. The minimum absolute atomic E-state index is 0. The molecule has 1 aromatic carbocycles. The molecule has 2 aromatic rings. The second-order valence-corrected chi connectivity index (χ2v) is 8.12. The quantitative estimate of drug-likeness (QED) is 0.443. The Hall–Kier alpha value is -2.36. The van der Waals surface area contributed by atoms with E-state index in [-0.39, 0.29) is 30.0 Å². The van der Waals surface area contributed by atoms with Gasteiger partial charge in [0.05, 0.1) is 32.4 Å². The number of piperidine rings is 1. The summed E-state index contributed by atoms with van der Waals surface area (Å²) in [6.45, 7) is 3.56. The number of likely N-dealkylation sites (tertiary alicyclic amines) is 1. The molecule has 0 saturated carbocycles. The lowest BCUT2D eigenvalue weighted by molar-refractivity contribution is -0.147. The van der Waals surface area contributed by atoms with Crippen LogP contribution in [0, 0.1) is 5.82 Å². The molecule has 0 unspecified atom stereocenters. The molecule has 2 atom stereocenters. The van der Waals surface area contributed by atoms with Gasteiger partial charge in [-0.1, -0.05) is 18.2 Å². The molecule has 33 heavy (non-hydrogen) atoms. The fourth-order valence-electron chi connectivity index (χ4n) is 3.74. The van der Waals surface area contributed by atoms with Crippen LogP contribution in [0.15, 0.2) is 42.1 Å². The maximum Gasteiger partial charge on any atom is 0.327 e. The molecule has 0 N–H and O–H groups in total.